The average molecular weight is 385 g/mol. The van der Waals surface area contributed by atoms with Gasteiger partial charge < -0.3 is 10.0 Å². The molecule has 29 heavy (non-hydrogen) atoms. The van der Waals surface area contributed by atoms with Gasteiger partial charge in [-0.15, -0.1) is 0 Å². The topological polar surface area (TPSA) is 83.4 Å². The highest BCUT2D eigenvalue weighted by Gasteiger charge is 2.46. The van der Waals surface area contributed by atoms with E-state index >= 15 is 0 Å². The van der Waals surface area contributed by atoms with Crippen molar-refractivity contribution in [2.45, 2.75) is 19.5 Å². The number of hydrogen-bond acceptors (Lipinski definition) is 5. The van der Waals surface area contributed by atoms with E-state index in [2.05, 4.69) is 9.97 Å². The van der Waals surface area contributed by atoms with E-state index in [1.54, 1.807) is 55.0 Å². The van der Waals surface area contributed by atoms with Gasteiger partial charge >= 0.3 is 0 Å². The van der Waals surface area contributed by atoms with Crippen LogP contribution in [0.5, 0.6) is 0 Å². The number of aliphatic hydroxyl groups is 1. The first-order chi connectivity index (χ1) is 14.1. The molecule has 2 aromatic heterocycles. The maximum Gasteiger partial charge on any atom is 0.296 e. The summed E-state index contributed by atoms with van der Waals surface area (Å²) in [5, 5.41) is 11.0. The molecule has 0 saturated carbocycles. The fraction of sp³-hybridized carbons (Fsp3) is 0.130. The molecule has 144 valence electrons. The van der Waals surface area contributed by atoms with Crippen molar-refractivity contribution in [3.63, 3.8) is 0 Å². The van der Waals surface area contributed by atoms with Crippen LogP contribution < -0.4 is 0 Å². The highest BCUT2D eigenvalue weighted by Crippen LogP contribution is 2.39. The monoisotopic (exact) mass is 385 g/mol. The van der Waals surface area contributed by atoms with Crippen molar-refractivity contribution in [1.29, 1.82) is 0 Å². The molecule has 1 unspecified atom stereocenters. The molecule has 1 aliphatic heterocycles. The molecule has 1 fully saturated rings. The lowest BCUT2D eigenvalue weighted by Gasteiger charge is -2.24. The molecule has 1 N–H and O–H groups in total. The van der Waals surface area contributed by atoms with Gasteiger partial charge in [0.05, 0.1) is 23.9 Å². The molecule has 1 atom stereocenters. The van der Waals surface area contributed by atoms with Crippen molar-refractivity contribution in [3.8, 4) is 0 Å². The average Bonchev–Trinajstić information content (AvgIpc) is 3.00. The Morgan fingerprint density at radius 3 is 2.38 bits per heavy atom. The Kier molecular flexibility index (Phi) is 4.91. The van der Waals surface area contributed by atoms with Crippen molar-refractivity contribution in [2.75, 3.05) is 0 Å². The summed E-state index contributed by atoms with van der Waals surface area (Å²) in [7, 11) is 0. The largest absolute Gasteiger partial charge is 0.507 e. The molecule has 0 radical (unpaired) electrons. The van der Waals surface area contributed by atoms with Crippen LogP contribution in [0.25, 0.3) is 5.76 Å². The predicted molar refractivity (Wildman–Crippen MR) is 107 cm³/mol. The summed E-state index contributed by atoms with van der Waals surface area (Å²) in [6.07, 6.45) is 4.84. The smallest absolute Gasteiger partial charge is 0.296 e. The first-order valence-corrected chi connectivity index (χ1v) is 9.21. The van der Waals surface area contributed by atoms with Gasteiger partial charge in [0.1, 0.15) is 5.76 Å². The zero-order chi connectivity index (χ0) is 20.4. The Morgan fingerprint density at radius 1 is 1.00 bits per heavy atom. The van der Waals surface area contributed by atoms with Gasteiger partial charge in [-0.2, -0.15) is 0 Å². The molecule has 6 heteroatoms. The molecule has 1 aliphatic rings. The number of aryl methyl sites for hydroxylation is 1. The molecule has 1 aromatic carbocycles. The van der Waals surface area contributed by atoms with Crippen molar-refractivity contribution >= 4 is 17.4 Å². The number of carbonyl (C=O) groups excluding carboxylic acids is 2. The minimum Gasteiger partial charge on any atom is -0.507 e. The summed E-state index contributed by atoms with van der Waals surface area (Å²) < 4.78 is 0. The highest BCUT2D eigenvalue weighted by molar-refractivity contribution is 6.46. The van der Waals surface area contributed by atoms with Crippen LogP contribution in [0.4, 0.5) is 0 Å². The van der Waals surface area contributed by atoms with Gasteiger partial charge in [-0.05, 0) is 36.8 Å². The molecule has 3 aromatic rings. The lowest BCUT2D eigenvalue weighted by molar-refractivity contribution is -0.140. The molecule has 1 amide bonds. The van der Waals surface area contributed by atoms with Crippen molar-refractivity contribution in [2.24, 2.45) is 0 Å². The van der Waals surface area contributed by atoms with E-state index in [0.717, 1.165) is 5.56 Å². The molecule has 0 aliphatic carbocycles. The Labute approximate surface area is 168 Å². The molecule has 3 heterocycles. The van der Waals surface area contributed by atoms with E-state index in [4.69, 9.17) is 0 Å². The lowest BCUT2D eigenvalue weighted by Crippen LogP contribution is -2.29. The number of aromatic nitrogens is 2. The van der Waals surface area contributed by atoms with Crippen LogP contribution in [-0.2, 0) is 16.1 Å². The molecular weight excluding hydrogens is 366 g/mol. The lowest BCUT2D eigenvalue weighted by atomic mass is 9.95. The summed E-state index contributed by atoms with van der Waals surface area (Å²) in [5.41, 5.74) is 2.95. The summed E-state index contributed by atoms with van der Waals surface area (Å²) >= 11 is 0. The first kappa shape index (κ1) is 18.6. The minimum atomic E-state index is -0.721. The Morgan fingerprint density at radius 2 is 1.72 bits per heavy atom. The van der Waals surface area contributed by atoms with Crippen LogP contribution in [0.15, 0.2) is 78.8 Å². The van der Waals surface area contributed by atoms with Crippen LogP contribution in [0.1, 0.15) is 28.4 Å². The number of pyridine rings is 2. The summed E-state index contributed by atoms with van der Waals surface area (Å²) in [6, 6.07) is 15.3. The first-order valence-electron chi connectivity index (χ1n) is 9.21. The number of benzene rings is 1. The van der Waals surface area contributed by atoms with E-state index in [9.17, 15) is 14.7 Å². The second-order valence-electron chi connectivity index (χ2n) is 6.89. The van der Waals surface area contributed by atoms with E-state index in [0.29, 0.717) is 16.8 Å². The van der Waals surface area contributed by atoms with Crippen molar-refractivity contribution in [3.05, 3.63) is 101 Å². The molecule has 4 rings (SSSR count). The molecule has 6 nitrogen and oxygen atoms in total. The SMILES string of the molecule is Cc1ccc(/C(O)=C2\C(=O)C(=O)N(Cc3ccccn3)C2c2ccncc2)cc1. The summed E-state index contributed by atoms with van der Waals surface area (Å²) in [4.78, 5) is 35.5. The molecular formula is C23H19N3O3. The Balaban J connectivity index is 1.85. The highest BCUT2D eigenvalue weighted by atomic mass is 16.3. The van der Waals surface area contributed by atoms with Gasteiger partial charge in [-0.3, -0.25) is 19.6 Å². The normalized spacial score (nSPS) is 18.2. The number of ketones is 1. The fourth-order valence-corrected chi connectivity index (χ4v) is 3.47. The molecule has 0 bridgehead atoms. The number of Topliss-reactive ketones (excluding diaryl/α,β-unsaturated/α-hetero) is 1. The number of hydrogen-bond donors (Lipinski definition) is 1. The van der Waals surface area contributed by atoms with Gasteiger partial charge in [0.15, 0.2) is 0 Å². The minimum absolute atomic E-state index is 0.0704. The van der Waals surface area contributed by atoms with Gasteiger partial charge in [-0.25, -0.2) is 0 Å². The zero-order valence-corrected chi connectivity index (χ0v) is 15.8. The van der Waals surface area contributed by atoms with Crippen LogP contribution in [0, 0.1) is 6.92 Å². The predicted octanol–water partition coefficient (Wildman–Crippen LogP) is 3.41. The van der Waals surface area contributed by atoms with E-state index in [1.807, 2.05) is 25.1 Å². The fourth-order valence-electron chi connectivity index (χ4n) is 3.47. The van der Waals surface area contributed by atoms with Crippen molar-refractivity contribution in [1.82, 2.24) is 14.9 Å². The van der Waals surface area contributed by atoms with Crippen LogP contribution in [-0.4, -0.2) is 31.7 Å². The van der Waals surface area contributed by atoms with Crippen LogP contribution >= 0.6 is 0 Å². The standard InChI is InChI=1S/C23H19N3O3/c1-15-5-7-17(8-6-15)21(27)19-20(16-9-12-24-13-10-16)26(23(29)22(19)28)14-18-4-2-3-11-25-18/h2-13,20,27H,14H2,1H3/b21-19+. The number of rotatable bonds is 4. The van der Waals surface area contributed by atoms with Gasteiger partial charge in [-0.1, -0.05) is 35.9 Å². The van der Waals surface area contributed by atoms with Crippen molar-refractivity contribution < 1.29 is 14.7 Å². The Bertz CT molecular complexity index is 1080. The quantitative estimate of drug-likeness (QED) is 0.423. The van der Waals surface area contributed by atoms with E-state index in [-0.39, 0.29) is 17.9 Å². The second-order valence-corrected chi connectivity index (χ2v) is 6.89. The summed E-state index contributed by atoms with van der Waals surface area (Å²) in [5.74, 6) is -1.55. The van der Waals surface area contributed by atoms with E-state index < -0.39 is 17.7 Å². The van der Waals surface area contributed by atoms with E-state index in [1.165, 1.54) is 4.90 Å². The maximum atomic E-state index is 12.9. The van der Waals surface area contributed by atoms with Crippen LogP contribution in [0.3, 0.4) is 0 Å². The third-order valence-electron chi connectivity index (χ3n) is 4.95. The Hall–Kier alpha value is -3.80. The third kappa shape index (κ3) is 3.52. The second kappa shape index (κ2) is 7.67. The number of likely N-dealkylation sites (tertiary alicyclic amines) is 1. The number of nitrogens with zero attached hydrogens (tertiary/aromatic N) is 3. The maximum absolute atomic E-state index is 12.9. The third-order valence-corrected chi connectivity index (χ3v) is 4.95. The van der Waals surface area contributed by atoms with Gasteiger partial charge in [0.25, 0.3) is 11.7 Å². The van der Waals surface area contributed by atoms with Gasteiger partial charge in [0.2, 0.25) is 0 Å². The molecule has 1 saturated heterocycles. The summed E-state index contributed by atoms with van der Waals surface area (Å²) in [6.45, 7) is 2.09. The number of aliphatic hydroxyl groups excluding tert-OH is 1. The zero-order valence-electron chi connectivity index (χ0n) is 15.8. The number of amides is 1. The number of carbonyl (C=O) groups is 2. The molecule has 0 spiro atoms. The van der Waals surface area contributed by atoms with Crippen LogP contribution in [0.2, 0.25) is 0 Å². The van der Waals surface area contributed by atoms with Gasteiger partial charge in [0, 0.05) is 24.2 Å².